The van der Waals surface area contributed by atoms with Crippen molar-refractivity contribution >= 4 is 57.6 Å². The first-order chi connectivity index (χ1) is 17.7. The fourth-order valence-electron chi connectivity index (χ4n) is 5.40. The molecular formula is C25H26ClN7O4. The van der Waals surface area contributed by atoms with E-state index in [1.807, 2.05) is 0 Å². The molecule has 1 aliphatic heterocycles. The van der Waals surface area contributed by atoms with E-state index in [-0.39, 0.29) is 46.9 Å². The van der Waals surface area contributed by atoms with Crippen LogP contribution in [0.4, 0.5) is 16.3 Å². The van der Waals surface area contributed by atoms with E-state index in [4.69, 9.17) is 11.6 Å². The topological polar surface area (TPSA) is 138 Å². The SMILES string of the molecule is CNC(=O)Nc1ccc2c(c1)c(C(C)=O)nn2CC(=O)N1[C@H]2CC[C@@H](C2)[C@H]1C(=O)Nc1cccc(Cl)n1. The largest absolute Gasteiger partial charge is 0.341 e. The van der Waals surface area contributed by atoms with Crippen LogP contribution in [0.15, 0.2) is 36.4 Å². The molecule has 11 nitrogen and oxygen atoms in total. The summed E-state index contributed by atoms with van der Waals surface area (Å²) in [6.45, 7) is 1.27. The van der Waals surface area contributed by atoms with Crippen LogP contribution in [0.5, 0.6) is 0 Å². The van der Waals surface area contributed by atoms with Gasteiger partial charge in [0.1, 0.15) is 29.3 Å². The molecule has 1 saturated carbocycles. The Morgan fingerprint density at radius 1 is 1.11 bits per heavy atom. The van der Waals surface area contributed by atoms with Gasteiger partial charge in [0, 0.05) is 31.1 Å². The van der Waals surface area contributed by atoms with Crippen molar-refractivity contribution in [1.82, 2.24) is 25.0 Å². The number of fused-ring (bicyclic) bond motifs is 3. The Balaban J connectivity index is 1.41. The van der Waals surface area contributed by atoms with Crippen molar-refractivity contribution in [3.8, 4) is 0 Å². The number of ketones is 1. The average molecular weight is 524 g/mol. The van der Waals surface area contributed by atoms with Gasteiger partial charge in [0.25, 0.3) is 0 Å². The normalized spacial score (nSPS) is 20.2. The van der Waals surface area contributed by atoms with E-state index in [1.165, 1.54) is 18.7 Å². The second kappa shape index (κ2) is 9.81. The molecule has 3 aromatic rings. The molecule has 0 radical (unpaired) electrons. The van der Waals surface area contributed by atoms with Gasteiger partial charge in [-0.15, -0.1) is 0 Å². The lowest BCUT2D eigenvalue weighted by molar-refractivity contribution is -0.141. The molecule has 2 aromatic heterocycles. The van der Waals surface area contributed by atoms with Crippen molar-refractivity contribution in [2.45, 2.75) is 44.8 Å². The predicted molar refractivity (Wildman–Crippen MR) is 137 cm³/mol. The van der Waals surface area contributed by atoms with Gasteiger partial charge in [0.05, 0.1) is 5.52 Å². The first-order valence-electron chi connectivity index (χ1n) is 12.0. The minimum Gasteiger partial charge on any atom is -0.341 e. The molecular weight excluding hydrogens is 498 g/mol. The standard InChI is InChI=1S/C25H26ClN7O4/c1-13(34)22-17-11-15(28-25(37)27-2)7-9-18(17)32(31-22)12-21(35)33-16-8-6-14(10-16)23(33)24(36)30-20-5-3-4-19(26)29-20/h3-5,7,9,11,14,16,23H,6,8,10,12H2,1-2H3,(H2,27,28,37)(H,29,30,36)/t14-,16-,23-/m0/s1. The van der Waals surface area contributed by atoms with Crippen molar-refractivity contribution in [1.29, 1.82) is 0 Å². The molecule has 0 spiro atoms. The fraction of sp³-hybridized carbons (Fsp3) is 0.360. The van der Waals surface area contributed by atoms with Gasteiger partial charge < -0.3 is 20.9 Å². The molecule has 3 heterocycles. The summed E-state index contributed by atoms with van der Waals surface area (Å²) in [5, 5.41) is 13.2. The van der Waals surface area contributed by atoms with Gasteiger partial charge in [-0.2, -0.15) is 5.10 Å². The lowest BCUT2D eigenvalue weighted by Crippen LogP contribution is -2.52. The van der Waals surface area contributed by atoms with E-state index in [0.29, 0.717) is 22.4 Å². The van der Waals surface area contributed by atoms with Crippen molar-refractivity contribution in [3.05, 3.63) is 47.2 Å². The van der Waals surface area contributed by atoms with Crippen LogP contribution in [0.25, 0.3) is 10.9 Å². The predicted octanol–water partition coefficient (Wildman–Crippen LogP) is 3.06. The zero-order valence-corrected chi connectivity index (χ0v) is 21.1. The van der Waals surface area contributed by atoms with Crippen LogP contribution in [0.1, 0.15) is 36.7 Å². The molecule has 0 unspecified atom stereocenters. The van der Waals surface area contributed by atoms with Gasteiger partial charge in [-0.05, 0) is 55.5 Å². The highest BCUT2D eigenvalue weighted by Gasteiger charge is 2.51. The van der Waals surface area contributed by atoms with E-state index >= 15 is 0 Å². The van der Waals surface area contributed by atoms with E-state index < -0.39 is 12.1 Å². The van der Waals surface area contributed by atoms with E-state index in [2.05, 4.69) is 26.0 Å². The third kappa shape index (κ3) is 4.74. The Morgan fingerprint density at radius 3 is 2.65 bits per heavy atom. The smallest absolute Gasteiger partial charge is 0.318 e. The number of pyridine rings is 1. The molecule has 3 N–H and O–H groups in total. The number of nitrogens with one attached hydrogen (secondary N) is 3. The second-order valence-corrected chi connectivity index (χ2v) is 9.69. The minimum absolute atomic E-state index is 0.0296. The van der Waals surface area contributed by atoms with Gasteiger partial charge in [0.2, 0.25) is 11.8 Å². The number of Topliss-reactive ketones (excluding diaryl/α,β-unsaturated/α-hetero) is 1. The van der Waals surface area contributed by atoms with Gasteiger partial charge in [0.15, 0.2) is 5.78 Å². The summed E-state index contributed by atoms with van der Waals surface area (Å²) in [6, 6.07) is 8.95. The third-order valence-electron chi connectivity index (χ3n) is 6.96. The van der Waals surface area contributed by atoms with Crippen LogP contribution in [0.3, 0.4) is 0 Å². The Hall–Kier alpha value is -3.99. The summed E-state index contributed by atoms with van der Waals surface area (Å²) in [6.07, 6.45) is 2.47. The molecule has 1 aromatic carbocycles. The van der Waals surface area contributed by atoms with Crippen LogP contribution in [0, 0.1) is 5.92 Å². The molecule has 4 amide bonds. The second-order valence-electron chi connectivity index (χ2n) is 9.31. The van der Waals surface area contributed by atoms with Crippen molar-refractivity contribution in [3.63, 3.8) is 0 Å². The molecule has 2 fully saturated rings. The number of aromatic nitrogens is 3. The van der Waals surface area contributed by atoms with Crippen LogP contribution in [-0.4, -0.2) is 62.4 Å². The average Bonchev–Trinajstić information content (AvgIpc) is 3.57. The molecule has 12 heteroatoms. The number of rotatable bonds is 6. The van der Waals surface area contributed by atoms with Crippen molar-refractivity contribution < 1.29 is 19.2 Å². The van der Waals surface area contributed by atoms with Gasteiger partial charge >= 0.3 is 6.03 Å². The summed E-state index contributed by atoms with van der Waals surface area (Å²) >= 11 is 5.95. The number of likely N-dealkylation sites (tertiary alicyclic amines) is 1. The molecule has 1 aliphatic carbocycles. The molecule has 5 rings (SSSR count). The number of nitrogens with zero attached hydrogens (tertiary/aromatic N) is 4. The monoisotopic (exact) mass is 523 g/mol. The molecule has 192 valence electrons. The van der Waals surface area contributed by atoms with Gasteiger partial charge in [-0.25, -0.2) is 9.78 Å². The summed E-state index contributed by atoms with van der Waals surface area (Å²) < 4.78 is 1.48. The lowest BCUT2D eigenvalue weighted by Gasteiger charge is -2.34. The van der Waals surface area contributed by atoms with Crippen LogP contribution in [0.2, 0.25) is 5.15 Å². The molecule has 37 heavy (non-hydrogen) atoms. The molecule has 1 saturated heterocycles. The van der Waals surface area contributed by atoms with Crippen LogP contribution >= 0.6 is 11.6 Å². The minimum atomic E-state index is -0.621. The Labute approximate surface area is 217 Å². The number of urea groups is 1. The number of hydrogen-bond donors (Lipinski definition) is 3. The number of piperidine rings is 1. The fourth-order valence-corrected chi connectivity index (χ4v) is 5.57. The van der Waals surface area contributed by atoms with Crippen LogP contribution in [-0.2, 0) is 16.1 Å². The Morgan fingerprint density at radius 2 is 1.92 bits per heavy atom. The van der Waals surface area contributed by atoms with Gasteiger partial charge in [-0.1, -0.05) is 17.7 Å². The molecule has 3 atom stereocenters. The number of amides is 4. The number of halogens is 1. The maximum Gasteiger partial charge on any atom is 0.318 e. The van der Waals surface area contributed by atoms with Crippen LogP contribution < -0.4 is 16.0 Å². The highest BCUT2D eigenvalue weighted by molar-refractivity contribution is 6.29. The number of carbonyl (C=O) groups excluding carboxylic acids is 4. The molecule has 2 aliphatic rings. The van der Waals surface area contributed by atoms with E-state index in [1.54, 1.807) is 41.3 Å². The number of carbonyl (C=O) groups is 4. The third-order valence-corrected chi connectivity index (χ3v) is 7.17. The number of anilines is 2. The van der Waals surface area contributed by atoms with Crippen molar-refractivity contribution in [2.75, 3.05) is 17.7 Å². The van der Waals surface area contributed by atoms with E-state index in [0.717, 1.165) is 19.3 Å². The summed E-state index contributed by atoms with van der Waals surface area (Å²) in [4.78, 5) is 56.6. The van der Waals surface area contributed by atoms with E-state index in [9.17, 15) is 19.2 Å². The zero-order chi connectivity index (χ0) is 26.3. The Bertz CT molecular complexity index is 1420. The summed E-state index contributed by atoms with van der Waals surface area (Å²) in [7, 11) is 1.50. The Kier molecular flexibility index (Phi) is 6.55. The quantitative estimate of drug-likeness (QED) is 0.335. The summed E-state index contributed by atoms with van der Waals surface area (Å²) in [5.41, 5.74) is 1.27. The highest BCUT2D eigenvalue weighted by atomic mass is 35.5. The zero-order valence-electron chi connectivity index (χ0n) is 20.3. The first-order valence-corrected chi connectivity index (χ1v) is 12.4. The lowest BCUT2D eigenvalue weighted by atomic mass is 9.97. The number of benzene rings is 1. The maximum atomic E-state index is 13.6. The first kappa shape index (κ1) is 24.7. The maximum absolute atomic E-state index is 13.6. The summed E-state index contributed by atoms with van der Waals surface area (Å²) in [5.74, 6) is -0.417. The number of hydrogen-bond acceptors (Lipinski definition) is 6. The molecule has 2 bridgehead atoms. The van der Waals surface area contributed by atoms with Gasteiger partial charge in [-0.3, -0.25) is 19.1 Å². The highest BCUT2D eigenvalue weighted by Crippen LogP contribution is 2.43. The van der Waals surface area contributed by atoms with Crippen molar-refractivity contribution in [2.24, 2.45) is 5.92 Å².